The molecule has 0 atom stereocenters. The first-order valence-corrected chi connectivity index (χ1v) is 9.34. The highest BCUT2D eigenvalue weighted by Crippen LogP contribution is 2.33. The van der Waals surface area contributed by atoms with E-state index in [9.17, 15) is 4.79 Å². The van der Waals surface area contributed by atoms with Crippen LogP contribution in [0.1, 0.15) is 10.4 Å². The van der Waals surface area contributed by atoms with Gasteiger partial charge in [-0.3, -0.25) is 10.1 Å². The highest BCUT2D eigenvalue weighted by atomic mass is 16.5. The van der Waals surface area contributed by atoms with Crippen LogP contribution in [0.25, 0.3) is 22.7 Å². The summed E-state index contributed by atoms with van der Waals surface area (Å²) in [5, 5.41) is 2.84. The molecule has 0 aliphatic carbocycles. The minimum atomic E-state index is -0.344. The van der Waals surface area contributed by atoms with Gasteiger partial charge in [0.1, 0.15) is 5.69 Å². The van der Waals surface area contributed by atoms with Gasteiger partial charge in [0.15, 0.2) is 11.5 Å². The highest BCUT2D eigenvalue weighted by Gasteiger charge is 2.20. The summed E-state index contributed by atoms with van der Waals surface area (Å²) in [5.74, 6) is 1.38. The molecule has 150 valence electrons. The predicted molar refractivity (Wildman–Crippen MR) is 115 cm³/mol. The third-order valence-corrected chi connectivity index (χ3v) is 4.57. The van der Waals surface area contributed by atoms with E-state index in [1.807, 2.05) is 60.7 Å². The first-order valence-electron chi connectivity index (χ1n) is 9.34. The zero-order chi connectivity index (χ0) is 20.9. The van der Waals surface area contributed by atoms with Crippen molar-refractivity contribution in [3.8, 4) is 34.2 Å². The lowest BCUT2D eigenvalue weighted by Gasteiger charge is -2.09. The lowest BCUT2D eigenvalue weighted by atomic mass is 10.1. The zero-order valence-electron chi connectivity index (χ0n) is 16.6. The smallest absolute Gasteiger partial charge is 0.258 e. The largest absolute Gasteiger partial charge is 0.493 e. The van der Waals surface area contributed by atoms with Crippen LogP contribution in [-0.4, -0.2) is 25.1 Å². The molecule has 6 heteroatoms. The van der Waals surface area contributed by atoms with Crippen LogP contribution in [0.2, 0.25) is 0 Å². The van der Waals surface area contributed by atoms with Gasteiger partial charge < -0.3 is 13.9 Å². The number of carbonyl (C=O) groups excluding carboxylic acids is 1. The van der Waals surface area contributed by atoms with E-state index >= 15 is 0 Å². The van der Waals surface area contributed by atoms with Crippen molar-refractivity contribution in [2.24, 2.45) is 0 Å². The summed E-state index contributed by atoms with van der Waals surface area (Å²) in [7, 11) is 3.07. The van der Waals surface area contributed by atoms with E-state index in [0.29, 0.717) is 28.6 Å². The molecule has 1 heterocycles. The van der Waals surface area contributed by atoms with Gasteiger partial charge in [0.2, 0.25) is 11.8 Å². The first-order chi connectivity index (χ1) is 14.7. The van der Waals surface area contributed by atoms with Crippen molar-refractivity contribution in [1.29, 1.82) is 0 Å². The van der Waals surface area contributed by atoms with Crippen LogP contribution in [0.5, 0.6) is 11.5 Å². The number of benzene rings is 3. The van der Waals surface area contributed by atoms with Gasteiger partial charge in [0.25, 0.3) is 5.91 Å². The molecule has 0 aliphatic rings. The van der Waals surface area contributed by atoms with Gasteiger partial charge >= 0.3 is 0 Å². The number of nitrogens with one attached hydrogen (secondary N) is 1. The van der Waals surface area contributed by atoms with Crippen molar-refractivity contribution in [3.05, 3.63) is 84.4 Å². The number of ether oxygens (including phenoxy) is 2. The van der Waals surface area contributed by atoms with Crippen molar-refractivity contribution in [1.82, 2.24) is 4.98 Å². The third kappa shape index (κ3) is 3.89. The van der Waals surface area contributed by atoms with Crippen LogP contribution >= 0.6 is 0 Å². The molecule has 0 fully saturated rings. The van der Waals surface area contributed by atoms with Crippen LogP contribution in [0.3, 0.4) is 0 Å². The third-order valence-electron chi connectivity index (χ3n) is 4.57. The van der Waals surface area contributed by atoms with Gasteiger partial charge in [-0.05, 0) is 30.3 Å². The molecular weight excluding hydrogens is 380 g/mol. The van der Waals surface area contributed by atoms with Gasteiger partial charge in [0, 0.05) is 16.7 Å². The van der Waals surface area contributed by atoms with Crippen LogP contribution in [0.15, 0.2) is 83.3 Å². The SMILES string of the molecule is COc1ccc(C(=O)Nc2oc(-c3ccccc3)nc2-c2ccccc2)cc1OC. The molecule has 0 spiro atoms. The van der Waals surface area contributed by atoms with Crippen molar-refractivity contribution >= 4 is 11.8 Å². The lowest BCUT2D eigenvalue weighted by molar-refractivity contribution is 0.102. The number of hydrogen-bond donors (Lipinski definition) is 1. The Morgan fingerprint density at radius 1 is 0.833 bits per heavy atom. The van der Waals surface area contributed by atoms with E-state index in [1.54, 1.807) is 25.3 Å². The molecule has 1 N–H and O–H groups in total. The normalized spacial score (nSPS) is 10.5. The summed E-state index contributed by atoms with van der Waals surface area (Å²) in [6.45, 7) is 0. The van der Waals surface area contributed by atoms with Crippen LogP contribution in [0, 0.1) is 0 Å². The Kier molecular flexibility index (Phi) is 5.48. The van der Waals surface area contributed by atoms with E-state index in [4.69, 9.17) is 13.9 Å². The number of carbonyl (C=O) groups is 1. The molecule has 4 aromatic rings. The maximum absolute atomic E-state index is 12.9. The maximum Gasteiger partial charge on any atom is 0.258 e. The van der Waals surface area contributed by atoms with Gasteiger partial charge in [-0.1, -0.05) is 48.5 Å². The Bertz CT molecular complexity index is 1150. The van der Waals surface area contributed by atoms with Gasteiger partial charge in [-0.2, -0.15) is 0 Å². The quantitative estimate of drug-likeness (QED) is 0.477. The minimum Gasteiger partial charge on any atom is -0.493 e. The Morgan fingerprint density at radius 3 is 2.10 bits per heavy atom. The summed E-state index contributed by atoms with van der Waals surface area (Å²) < 4.78 is 16.5. The molecule has 30 heavy (non-hydrogen) atoms. The number of rotatable bonds is 6. The molecule has 0 saturated carbocycles. The van der Waals surface area contributed by atoms with E-state index < -0.39 is 0 Å². The highest BCUT2D eigenvalue weighted by molar-refractivity contribution is 6.05. The van der Waals surface area contributed by atoms with Crippen molar-refractivity contribution in [2.45, 2.75) is 0 Å². The molecule has 3 aromatic carbocycles. The van der Waals surface area contributed by atoms with Gasteiger partial charge in [-0.15, -0.1) is 0 Å². The fourth-order valence-electron chi connectivity index (χ4n) is 3.05. The number of amides is 1. The molecule has 0 bridgehead atoms. The van der Waals surface area contributed by atoms with Gasteiger partial charge in [0.05, 0.1) is 14.2 Å². The summed E-state index contributed by atoms with van der Waals surface area (Å²) in [6.07, 6.45) is 0. The number of methoxy groups -OCH3 is 2. The van der Waals surface area contributed by atoms with Crippen molar-refractivity contribution in [3.63, 3.8) is 0 Å². The summed E-state index contributed by atoms with van der Waals surface area (Å²) in [6, 6.07) is 24.1. The number of oxazole rings is 1. The fourth-order valence-corrected chi connectivity index (χ4v) is 3.05. The van der Waals surface area contributed by atoms with Crippen LogP contribution in [-0.2, 0) is 0 Å². The molecule has 6 nitrogen and oxygen atoms in total. The van der Waals surface area contributed by atoms with Gasteiger partial charge in [-0.25, -0.2) is 4.98 Å². The number of anilines is 1. The van der Waals surface area contributed by atoms with Crippen LogP contribution in [0.4, 0.5) is 5.88 Å². The van der Waals surface area contributed by atoms with E-state index in [2.05, 4.69) is 10.3 Å². The second-order valence-electron chi connectivity index (χ2n) is 6.45. The van der Waals surface area contributed by atoms with E-state index in [1.165, 1.54) is 7.11 Å². The van der Waals surface area contributed by atoms with E-state index in [-0.39, 0.29) is 11.8 Å². The lowest BCUT2D eigenvalue weighted by Crippen LogP contribution is -2.12. The second kappa shape index (κ2) is 8.53. The monoisotopic (exact) mass is 400 g/mol. The number of hydrogen-bond acceptors (Lipinski definition) is 5. The first kappa shape index (κ1) is 19.3. The Balaban J connectivity index is 1.71. The minimum absolute atomic E-state index is 0.278. The molecule has 1 aromatic heterocycles. The molecule has 0 saturated heterocycles. The molecular formula is C24H20N2O4. The molecule has 0 unspecified atom stereocenters. The summed E-state index contributed by atoms with van der Waals surface area (Å²) >= 11 is 0. The summed E-state index contributed by atoms with van der Waals surface area (Å²) in [5.41, 5.74) is 2.62. The molecule has 0 radical (unpaired) electrons. The van der Waals surface area contributed by atoms with Crippen molar-refractivity contribution < 1.29 is 18.7 Å². The number of nitrogens with zero attached hydrogens (tertiary/aromatic N) is 1. The summed E-state index contributed by atoms with van der Waals surface area (Å²) in [4.78, 5) is 17.5. The van der Waals surface area contributed by atoms with E-state index in [0.717, 1.165) is 11.1 Å². The average Bonchev–Trinajstić information content (AvgIpc) is 3.23. The number of aromatic nitrogens is 1. The Morgan fingerprint density at radius 2 is 1.47 bits per heavy atom. The Hall–Kier alpha value is -4.06. The molecule has 0 aliphatic heterocycles. The fraction of sp³-hybridized carbons (Fsp3) is 0.0833. The van der Waals surface area contributed by atoms with Crippen molar-refractivity contribution in [2.75, 3.05) is 19.5 Å². The second-order valence-corrected chi connectivity index (χ2v) is 6.45. The zero-order valence-corrected chi connectivity index (χ0v) is 16.6. The molecule has 1 amide bonds. The standard InChI is InChI=1S/C24H20N2O4/c1-28-19-14-13-18(15-20(19)29-2)22(27)26-24-21(16-9-5-3-6-10-16)25-23(30-24)17-11-7-4-8-12-17/h3-15H,1-2H3,(H,26,27). The Labute approximate surface area is 174 Å². The average molecular weight is 400 g/mol. The van der Waals surface area contributed by atoms with Crippen LogP contribution < -0.4 is 14.8 Å². The maximum atomic E-state index is 12.9. The topological polar surface area (TPSA) is 73.6 Å². The predicted octanol–water partition coefficient (Wildman–Crippen LogP) is 5.28. The molecule has 4 rings (SSSR count).